The van der Waals surface area contributed by atoms with Crippen molar-refractivity contribution in [1.29, 1.82) is 0 Å². The molecule has 0 unspecified atom stereocenters. The third-order valence-corrected chi connectivity index (χ3v) is 2.91. The Balaban J connectivity index is 1.48. The van der Waals surface area contributed by atoms with Gasteiger partial charge in [0.05, 0.1) is 12.8 Å². The zero-order valence-corrected chi connectivity index (χ0v) is 10.0. The minimum atomic E-state index is 0.329. The lowest BCUT2D eigenvalue weighted by Gasteiger charge is -2.04. The first-order valence-electron chi connectivity index (χ1n) is 6.03. The number of rotatable bonds is 5. The van der Waals surface area contributed by atoms with Crippen LogP contribution >= 0.6 is 0 Å². The molecule has 0 bridgehead atoms. The van der Waals surface area contributed by atoms with Crippen LogP contribution in [-0.4, -0.2) is 13.3 Å². The van der Waals surface area contributed by atoms with Crippen LogP contribution in [-0.2, 0) is 13.0 Å². The van der Waals surface area contributed by atoms with E-state index in [1.165, 1.54) is 5.56 Å². The number of ether oxygens (including phenoxy) is 2. The minimum Gasteiger partial charge on any atom is -0.468 e. The van der Waals surface area contributed by atoms with Gasteiger partial charge in [0.1, 0.15) is 5.76 Å². The Labute approximate surface area is 106 Å². The molecule has 4 heteroatoms. The summed E-state index contributed by atoms with van der Waals surface area (Å²) in [6, 6.07) is 9.94. The molecule has 0 fully saturated rings. The van der Waals surface area contributed by atoms with E-state index in [1.807, 2.05) is 24.3 Å². The normalized spacial score (nSPS) is 12.9. The topological polar surface area (TPSA) is 43.6 Å². The van der Waals surface area contributed by atoms with Gasteiger partial charge in [-0.1, -0.05) is 6.07 Å². The van der Waals surface area contributed by atoms with E-state index in [9.17, 15) is 0 Å². The first-order valence-corrected chi connectivity index (χ1v) is 6.03. The standard InChI is InChI=1S/C14H15NO3/c1-2-12(16-7-1)9-15-6-5-11-3-4-13-14(8-11)18-10-17-13/h1-4,7-8,15H,5-6,9-10H2. The molecule has 0 aliphatic carbocycles. The van der Waals surface area contributed by atoms with Crippen molar-refractivity contribution in [3.05, 3.63) is 47.9 Å². The summed E-state index contributed by atoms with van der Waals surface area (Å²) >= 11 is 0. The largest absolute Gasteiger partial charge is 0.468 e. The molecule has 0 radical (unpaired) electrons. The van der Waals surface area contributed by atoms with Crippen molar-refractivity contribution in [1.82, 2.24) is 5.32 Å². The van der Waals surface area contributed by atoms with Gasteiger partial charge in [-0.3, -0.25) is 0 Å². The predicted molar refractivity (Wildman–Crippen MR) is 66.7 cm³/mol. The molecule has 1 N–H and O–H groups in total. The molecule has 1 aliphatic rings. The summed E-state index contributed by atoms with van der Waals surface area (Å²) in [5, 5.41) is 3.34. The van der Waals surface area contributed by atoms with Gasteiger partial charge in [0.2, 0.25) is 6.79 Å². The Bertz CT molecular complexity index is 508. The zero-order valence-electron chi connectivity index (χ0n) is 10.0. The zero-order chi connectivity index (χ0) is 12.2. The molecule has 3 rings (SSSR count). The molecule has 1 aliphatic heterocycles. The Morgan fingerprint density at radius 1 is 1.11 bits per heavy atom. The molecule has 2 aromatic rings. The maximum absolute atomic E-state index is 5.35. The van der Waals surface area contributed by atoms with Gasteiger partial charge in [0, 0.05) is 0 Å². The summed E-state index contributed by atoms with van der Waals surface area (Å²) < 4.78 is 15.9. The van der Waals surface area contributed by atoms with Gasteiger partial charge in [-0.2, -0.15) is 0 Å². The molecule has 1 aromatic heterocycles. The van der Waals surface area contributed by atoms with Crippen LogP contribution in [0.1, 0.15) is 11.3 Å². The third kappa shape index (κ3) is 2.49. The van der Waals surface area contributed by atoms with Crippen molar-refractivity contribution in [2.75, 3.05) is 13.3 Å². The third-order valence-electron chi connectivity index (χ3n) is 2.91. The summed E-state index contributed by atoms with van der Waals surface area (Å²) in [7, 11) is 0. The molecule has 0 saturated heterocycles. The monoisotopic (exact) mass is 245 g/mol. The van der Waals surface area contributed by atoms with E-state index >= 15 is 0 Å². The fourth-order valence-electron chi connectivity index (χ4n) is 1.95. The second kappa shape index (κ2) is 5.14. The van der Waals surface area contributed by atoms with Crippen LogP contribution in [0.4, 0.5) is 0 Å². The predicted octanol–water partition coefficient (Wildman–Crippen LogP) is 2.34. The molecule has 2 heterocycles. The first kappa shape index (κ1) is 11.2. The van der Waals surface area contributed by atoms with Crippen molar-refractivity contribution in [2.45, 2.75) is 13.0 Å². The van der Waals surface area contributed by atoms with E-state index in [-0.39, 0.29) is 0 Å². The Morgan fingerprint density at radius 3 is 2.94 bits per heavy atom. The molecule has 0 amide bonds. The molecule has 0 spiro atoms. The van der Waals surface area contributed by atoms with E-state index in [1.54, 1.807) is 6.26 Å². The smallest absolute Gasteiger partial charge is 0.231 e. The van der Waals surface area contributed by atoms with Gasteiger partial charge in [0.25, 0.3) is 0 Å². The molecule has 18 heavy (non-hydrogen) atoms. The highest BCUT2D eigenvalue weighted by molar-refractivity contribution is 5.44. The number of hydrogen-bond donors (Lipinski definition) is 1. The van der Waals surface area contributed by atoms with Crippen LogP contribution in [0.15, 0.2) is 41.0 Å². The van der Waals surface area contributed by atoms with Crippen molar-refractivity contribution in [3.63, 3.8) is 0 Å². The van der Waals surface area contributed by atoms with Crippen molar-refractivity contribution in [2.24, 2.45) is 0 Å². The summed E-state index contributed by atoms with van der Waals surface area (Å²) in [6.45, 7) is 1.99. The Hall–Kier alpha value is -1.94. The van der Waals surface area contributed by atoms with Crippen LogP contribution in [0.5, 0.6) is 11.5 Å². The van der Waals surface area contributed by atoms with Gasteiger partial charge in [-0.25, -0.2) is 0 Å². The first-order chi connectivity index (χ1) is 8.92. The van der Waals surface area contributed by atoms with Crippen LogP contribution in [0.2, 0.25) is 0 Å². The number of fused-ring (bicyclic) bond motifs is 1. The summed E-state index contributed by atoms with van der Waals surface area (Å²) in [6.07, 6.45) is 2.65. The lowest BCUT2D eigenvalue weighted by atomic mass is 10.1. The molecular formula is C14H15NO3. The highest BCUT2D eigenvalue weighted by atomic mass is 16.7. The summed E-state index contributed by atoms with van der Waals surface area (Å²) in [5.41, 5.74) is 1.24. The number of benzene rings is 1. The SMILES string of the molecule is c1coc(CNCCc2ccc3c(c2)OCO3)c1. The average molecular weight is 245 g/mol. The highest BCUT2D eigenvalue weighted by Crippen LogP contribution is 2.32. The maximum atomic E-state index is 5.35. The van der Waals surface area contributed by atoms with Gasteiger partial charge >= 0.3 is 0 Å². The maximum Gasteiger partial charge on any atom is 0.231 e. The number of furan rings is 1. The van der Waals surface area contributed by atoms with E-state index in [2.05, 4.69) is 11.4 Å². The molecular weight excluding hydrogens is 230 g/mol. The van der Waals surface area contributed by atoms with Crippen molar-refractivity contribution >= 4 is 0 Å². The van der Waals surface area contributed by atoms with E-state index < -0.39 is 0 Å². The van der Waals surface area contributed by atoms with Crippen LogP contribution in [0.3, 0.4) is 0 Å². The van der Waals surface area contributed by atoms with Gasteiger partial charge in [-0.15, -0.1) is 0 Å². The van der Waals surface area contributed by atoms with E-state index in [0.29, 0.717) is 6.79 Å². The summed E-state index contributed by atoms with van der Waals surface area (Å²) in [5.74, 6) is 2.64. The lowest BCUT2D eigenvalue weighted by Crippen LogP contribution is -2.16. The van der Waals surface area contributed by atoms with Crippen molar-refractivity contribution < 1.29 is 13.9 Å². The van der Waals surface area contributed by atoms with Crippen LogP contribution in [0, 0.1) is 0 Å². The molecule has 0 saturated carbocycles. The van der Waals surface area contributed by atoms with E-state index in [0.717, 1.165) is 36.8 Å². The van der Waals surface area contributed by atoms with Crippen LogP contribution in [0.25, 0.3) is 0 Å². The Kier molecular flexibility index (Phi) is 3.19. The quantitative estimate of drug-likeness (QED) is 0.821. The summed E-state index contributed by atoms with van der Waals surface area (Å²) in [4.78, 5) is 0. The number of hydrogen-bond acceptors (Lipinski definition) is 4. The van der Waals surface area contributed by atoms with Crippen LogP contribution < -0.4 is 14.8 Å². The average Bonchev–Trinajstić information content (AvgIpc) is 3.05. The fraction of sp³-hybridized carbons (Fsp3) is 0.286. The Morgan fingerprint density at radius 2 is 2.06 bits per heavy atom. The second-order valence-corrected chi connectivity index (χ2v) is 4.19. The number of nitrogens with one attached hydrogen (secondary N) is 1. The fourth-order valence-corrected chi connectivity index (χ4v) is 1.95. The van der Waals surface area contributed by atoms with Gasteiger partial charge < -0.3 is 19.2 Å². The molecule has 94 valence electrons. The van der Waals surface area contributed by atoms with E-state index in [4.69, 9.17) is 13.9 Å². The van der Waals surface area contributed by atoms with Gasteiger partial charge in [0.15, 0.2) is 11.5 Å². The molecule has 1 aromatic carbocycles. The second-order valence-electron chi connectivity index (χ2n) is 4.19. The molecule has 4 nitrogen and oxygen atoms in total. The molecule has 0 atom stereocenters. The highest BCUT2D eigenvalue weighted by Gasteiger charge is 2.12. The lowest BCUT2D eigenvalue weighted by molar-refractivity contribution is 0.174. The minimum absolute atomic E-state index is 0.329. The van der Waals surface area contributed by atoms with Crippen molar-refractivity contribution in [3.8, 4) is 11.5 Å². The van der Waals surface area contributed by atoms with Gasteiger partial charge in [-0.05, 0) is 42.8 Å².